The summed E-state index contributed by atoms with van der Waals surface area (Å²) in [6.07, 6.45) is 3.56. The Kier molecular flexibility index (Phi) is 12.0. The minimum absolute atomic E-state index is 0.0389. The molecule has 31 heavy (non-hydrogen) atoms. The summed E-state index contributed by atoms with van der Waals surface area (Å²) in [5.41, 5.74) is 2.12. The smallest absolute Gasteiger partial charge is 0.121 e. The normalized spacial score (nSPS) is 12.2. The first-order chi connectivity index (χ1) is 15.1. The minimum Gasteiger partial charge on any atom is -0.508 e. The second kappa shape index (κ2) is 14.8. The van der Waals surface area contributed by atoms with Gasteiger partial charge in [-0.15, -0.1) is 0 Å². The highest BCUT2D eigenvalue weighted by atomic mass is 16.5. The van der Waals surface area contributed by atoms with Crippen LogP contribution in [-0.2, 0) is 22.7 Å². The van der Waals surface area contributed by atoms with Crippen LogP contribution in [0.15, 0.2) is 42.5 Å². The van der Waals surface area contributed by atoms with Crippen LogP contribution in [0, 0.1) is 0 Å². The highest BCUT2D eigenvalue weighted by Gasteiger charge is 2.09. The molecule has 0 heterocycles. The topological polar surface area (TPSA) is 111 Å². The van der Waals surface area contributed by atoms with E-state index in [1.54, 1.807) is 24.3 Å². The maximum absolute atomic E-state index is 10.2. The van der Waals surface area contributed by atoms with Crippen molar-refractivity contribution in [3.8, 4) is 11.5 Å². The van der Waals surface area contributed by atoms with Crippen molar-refractivity contribution in [2.24, 2.45) is 0 Å². The van der Waals surface area contributed by atoms with Crippen LogP contribution in [-0.4, -0.2) is 53.3 Å². The van der Waals surface area contributed by atoms with Gasteiger partial charge in [-0.2, -0.15) is 0 Å². The van der Waals surface area contributed by atoms with E-state index in [9.17, 15) is 20.4 Å². The summed E-state index contributed by atoms with van der Waals surface area (Å²) < 4.78 is 11.1. The number of aliphatic hydroxyl groups excluding tert-OH is 2. The van der Waals surface area contributed by atoms with Crippen LogP contribution in [0.25, 0.3) is 0 Å². The van der Waals surface area contributed by atoms with E-state index in [2.05, 4.69) is 5.32 Å². The summed E-state index contributed by atoms with van der Waals surface area (Å²) in [5, 5.41) is 41.4. The molecule has 0 bridgehead atoms. The maximum Gasteiger partial charge on any atom is 0.121 e. The summed E-state index contributed by atoms with van der Waals surface area (Å²) in [7, 11) is 0. The first-order valence-electron chi connectivity index (χ1n) is 10.8. The fourth-order valence-corrected chi connectivity index (χ4v) is 3.11. The number of benzene rings is 2. The van der Waals surface area contributed by atoms with Crippen molar-refractivity contribution in [2.45, 2.75) is 45.0 Å². The Labute approximate surface area is 184 Å². The molecule has 0 amide bonds. The molecule has 2 rings (SSSR count). The van der Waals surface area contributed by atoms with Gasteiger partial charge in [0.1, 0.15) is 11.5 Å². The van der Waals surface area contributed by atoms with E-state index >= 15 is 0 Å². The molecule has 0 aliphatic heterocycles. The lowest BCUT2D eigenvalue weighted by Gasteiger charge is -2.14. The van der Waals surface area contributed by atoms with E-state index in [1.165, 1.54) is 6.07 Å². The molecule has 0 saturated carbocycles. The van der Waals surface area contributed by atoms with Gasteiger partial charge in [-0.3, -0.25) is 0 Å². The van der Waals surface area contributed by atoms with E-state index in [0.717, 1.165) is 44.4 Å². The summed E-state index contributed by atoms with van der Waals surface area (Å²) in [4.78, 5) is 0. The Morgan fingerprint density at radius 1 is 0.839 bits per heavy atom. The zero-order valence-corrected chi connectivity index (χ0v) is 18.0. The predicted octanol–water partition coefficient (Wildman–Crippen LogP) is 3.01. The van der Waals surface area contributed by atoms with Crippen LogP contribution in [0.3, 0.4) is 0 Å². The van der Waals surface area contributed by atoms with Crippen LogP contribution < -0.4 is 5.32 Å². The number of unbranched alkanes of at least 4 members (excludes halogenated alkanes) is 3. The molecule has 0 fully saturated rings. The number of phenols is 2. The van der Waals surface area contributed by atoms with E-state index in [-0.39, 0.29) is 18.1 Å². The number of hydrogen-bond donors (Lipinski definition) is 5. The third kappa shape index (κ3) is 10.1. The third-order valence-electron chi connectivity index (χ3n) is 4.97. The van der Waals surface area contributed by atoms with Crippen molar-refractivity contribution in [1.82, 2.24) is 5.32 Å². The number of rotatable bonds is 16. The molecule has 2 aromatic rings. The zero-order valence-electron chi connectivity index (χ0n) is 18.0. The number of ether oxygens (including phenoxy) is 2. The van der Waals surface area contributed by atoms with Gasteiger partial charge in [-0.1, -0.05) is 31.0 Å². The minimum atomic E-state index is -0.671. The van der Waals surface area contributed by atoms with Gasteiger partial charge < -0.3 is 35.2 Å². The molecule has 0 saturated heterocycles. The standard InChI is InChI=1S/C24H35NO6/c26-17-21-15-20(7-10-23(21)28)24(29)16-25-11-3-1-2-4-12-30-13-14-31-18-19-5-8-22(27)9-6-19/h5-10,15,24-29H,1-4,11-14,16-18H2/t24-/m0/s1. The molecule has 7 heteroatoms. The predicted molar refractivity (Wildman–Crippen MR) is 119 cm³/mol. The number of aromatic hydroxyl groups is 2. The summed E-state index contributed by atoms with van der Waals surface area (Å²) in [6, 6.07) is 11.8. The Morgan fingerprint density at radius 2 is 1.58 bits per heavy atom. The van der Waals surface area contributed by atoms with Gasteiger partial charge >= 0.3 is 0 Å². The summed E-state index contributed by atoms with van der Waals surface area (Å²) >= 11 is 0. The van der Waals surface area contributed by atoms with Gasteiger partial charge in [-0.05, 0) is 54.8 Å². The largest absolute Gasteiger partial charge is 0.508 e. The van der Waals surface area contributed by atoms with Crippen LogP contribution in [0.1, 0.15) is 48.5 Å². The van der Waals surface area contributed by atoms with Crippen molar-refractivity contribution in [3.63, 3.8) is 0 Å². The monoisotopic (exact) mass is 433 g/mol. The molecule has 0 unspecified atom stereocenters. The van der Waals surface area contributed by atoms with E-state index < -0.39 is 6.10 Å². The van der Waals surface area contributed by atoms with E-state index in [1.807, 2.05) is 12.1 Å². The van der Waals surface area contributed by atoms with Crippen molar-refractivity contribution >= 4 is 0 Å². The zero-order chi connectivity index (χ0) is 22.3. The van der Waals surface area contributed by atoms with Gasteiger partial charge in [0.25, 0.3) is 0 Å². The molecule has 5 N–H and O–H groups in total. The lowest BCUT2D eigenvalue weighted by molar-refractivity contribution is 0.0392. The number of phenolic OH excluding ortho intramolecular Hbond substituents is 1. The molecule has 0 spiro atoms. The average molecular weight is 434 g/mol. The molecule has 7 nitrogen and oxygen atoms in total. The Bertz CT molecular complexity index is 737. The maximum atomic E-state index is 10.2. The first kappa shape index (κ1) is 25.1. The van der Waals surface area contributed by atoms with Crippen molar-refractivity contribution in [1.29, 1.82) is 0 Å². The van der Waals surface area contributed by atoms with Gasteiger partial charge in [-0.25, -0.2) is 0 Å². The highest BCUT2D eigenvalue weighted by Crippen LogP contribution is 2.22. The average Bonchev–Trinajstić information content (AvgIpc) is 2.78. The van der Waals surface area contributed by atoms with Crippen molar-refractivity contribution < 1.29 is 29.9 Å². The summed E-state index contributed by atoms with van der Waals surface area (Å²) in [6.45, 7) is 3.37. The molecule has 0 aliphatic rings. The molecule has 0 aliphatic carbocycles. The second-order valence-corrected chi connectivity index (χ2v) is 7.51. The molecule has 0 aromatic heterocycles. The summed E-state index contributed by atoms with van der Waals surface area (Å²) in [5.74, 6) is 0.295. The van der Waals surface area contributed by atoms with Gasteiger partial charge in [0.15, 0.2) is 0 Å². The Balaban J connectivity index is 1.39. The molecule has 2 aromatic carbocycles. The van der Waals surface area contributed by atoms with E-state index in [0.29, 0.717) is 37.5 Å². The van der Waals surface area contributed by atoms with Crippen LogP contribution in [0.5, 0.6) is 11.5 Å². The van der Waals surface area contributed by atoms with Gasteiger partial charge in [0, 0.05) is 18.7 Å². The van der Waals surface area contributed by atoms with Crippen LogP contribution in [0.4, 0.5) is 0 Å². The van der Waals surface area contributed by atoms with Gasteiger partial charge in [0.2, 0.25) is 0 Å². The van der Waals surface area contributed by atoms with Crippen molar-refractivity contribution in [3.05, 3.63) is 59.2 Å². The quantitative estimate of drug-likeness (QED) is 0.259. The lowest BCUT2D eigenvalue weighted by atomic mass is 10.1. The third-order valence-corrected chi connectivity index (χ3v) is 4.97. The lowest BCUT2D eigenvalue weighted by Crippen LogP contribution is -2.22. The second-order valence-electron chi connectivity index (χ2n) is 7.51. The fourth-order valence-electron chi connectivity index (χ4n) is 3.11. The molecule has 172 valence electrons. The number of nitrogens with one attached hydrogen (secondary N) is 1. The highest BCUT2D eigenvalue weighted by molar-refractivity contribution is 5.36. The fraction of sp³-hybridized carbons (Fsp3) is 0.500. The molecule has 0 radical (unpaired) electrons. The molecular weight excluding hydrogens is 398 g/mol. The van der Waals surface area contributed by atoms with Crippen LogP contribution in [0.2, 0.25) is 0 Å². The Hall–Kier alpha value is -2.16. The number of aliphatic hydroxyl groups is 2. The van der Waals surface area contributed by atoms with E-state index in [4.69, 9.17) is 9.47 Å². The SMILES string of the molecule is OCc1cc([C@@H](O)CNCCCCCCOCCOCc2ccc(O)cc2)ccc1O. The molecule has 1 atom stereocenters. The Morgan fingerprint density at radius 3 is 2.35 bits per heavy atom. The first-order valence-corrected chi connectivity index (χ1v) is 10.8. The van der Waals surface area contributed by atoms with Crippen LogP contribution >= 0.6 is 0 Å². The van der Waals surface area contributed by atoms with Crippen molar-refractivity contribution in [2.75, 3.05) is 32.9 Å². The van der Waals surface area contributed by atoms with Gasteiger partial charge in [0.05, 0.1) is 32.5 Å². The molecular formula is C24H35NO6. The number of hydrogen-bond acceptors (Lipinski definition) is 7.